The first kappa shape index (κ1) is 16.9. The molecule has 4 heteroatoms. The van der Waals surface area contributed by atoms with Gasteiger partial charge in [-0.1, -0.05) is 36.9 Å². The number of hydrogen-bond acceptors (Lipinski definition) is 3. The van der Waals surface area contributed by atoms with Crippen LogP contribution in [0.2, 0.25) is 0 Å². The largest absolute Gasteiger partial charge is 0.398 e. The molecule has 0 unspecified atom stereocenters. The summed E-state index contributed by atoms with van der Waals surface area (Å²) in [5.41, 5.74) is 12.6. The second kappa shape index (κ2) is 7.77. The Morgan fingerprint density at radius 3 is 2.71 bits per heavy atom. The molecule has 126 valence electrons. The molecular formula is C20H25N3S. The molecule has 0 bridgehead atoms. The van der Waals surface area contributed by atoms with Crippen molar-refractivity contribution >= 4 is 23.0 Å². The van der Waals surface area contributed by atoms with Crippen LogP contribution in [0.3, 0.4) is 0 Å². The van der Waals surface area contributed by atoms with Gasteiger partial charge in [-0.2, -0.15) is 11.8 Å². The topological polar surface area (TPSA) is 45.0 Å². The maximum absolute atomic E-state index is 6.34. The van der Waals surface area contributed by atoms with Crippen molar-refractivity contribution in [3.05, 3.63) is 71.6 Å². The summed E-state index contributed by atoms with van der Waals surface area (Å²) in [6.07, 6.45) is 1.97. The van der Waals surface area contributed by atoms with Gasteiger partial charge >= 0.3 is 0 Å². The van der Waals surface area contributed by atoms with Crippen LogP contribution in [-0.2, 0) is 6.54 Å². The van der Waals surface area contributed by atoms with Crippen molar-refractivity contribution < 1.29 is 0 Å². The summed E-state index contributed by atoms with van der Waals surface area (Å²) in [7, 11) is 0. The Hall–Kier alpha value is -1.91. The van der Waals surface area contributed by atoms with Crippen LogP contribution in [-0.4, -0.2) is 34.5 Å². The molecule has 1 aromatic heterocycles. The van der Waals surface area contributed by atoms with Crippen LogP contribution in [0.15, 0.2) is 49.1 Å². The second-order valence-electron chi connectivity index (χ2n) is 6.21. The number of thioether (sulfide) groups is 1. The van der Waals surface area contributed by atoms with E-state index in [9.17, 15) is 0 Å². The summed E-state index contributed by atoms with van der Waals surface area (Å²) in [4.78, 5) is 5.98. The fourth-order valence-corrected chi connectivity index (χ4v) is 3.99. The number of nitrogens with one attached hydrogen (secondary N) is 1. The first-order chi connectivity index (χ1) is 11.6. The number of allylic oxidation sites excluding steroid dienone is 2. The number of nitrogens with zero attached hydrogens (tertiary/aromatic N) is 1. The molecule has 1 aromatic carbocycles. The number of aromatic amines is 1. The standard InChI is InChI=1S/C20H25N3S/c1-15(17-6-4-3-5-7-17)12-20(21)19-13-18(22-16(19)2)14-23-8-10-24-11-9-23/h3-7,12-13,22H,1,8-11,14,21H2,2H3/b20-12+. The van der Waals surface area contributed by atoms with Gasteiger partial charge in [0.1, 0.15) is 0 Å². The summed E-state index contributed by atoms with van der Waals surface area (Å²) in [6.45, 7) is 9.51. The average molecular weight is 340 g/mol. The molecule has 0 spiro atoms. The van der Waals surface area contributed by atoms with Crippen molar-refractivity contribution in [3.8, 4) is 0 Å². The minimum Gasteiger partial charge on any atom is -0.398 e. The van der Waals surface area contributed by atoms with E-state index in [2.05, 4.69) is 41.6 Å². The second-order valence-corrected chi connectivity index (χ2v) is 7.44. The Bertz CT molecular complexity index is 725. The molecule has 0 saturated carbocycles. The molecule has 3 N–H and O–H groups in total. The monoisotopic (exact) mass is 339 g/mol. The predicted octanol–water partition coefficient (Wildman–Crippen LogP) is 3.88. The number of hydrogen-bond donors (Lipinski definition) is 2. The number of benzene rings is 1. The minimum absolute atomic E-state index is 0.762. The molecular weight excluding hydrogens is 314 g/mol. The zero-order chi connectivity index (χ0) is 16.9. The molecule has 3 rings (SSSR count). The van der Waals surface area contributed by atoms with Crippen LogP contribution in [0.5, 0.6) is 0 Å². The highest BCUT2D eigenvalue weighted by Crippen LogP contribution is 2.22. The van der Waals surface area contributed by atoms with E-state index >= 15 is 0 Å². The molecule has 0 atom stereocenters. The molecule has 0 aliphatic carbocycles. The lowest BCUT2D eigenvalue weighted by Gasteiger charge is -2.25. The zero-order valence-corrected chi connectivity index (χ0v) is 15.0. The van der Waals surface area contributed by atoms with Gasteiger partial charge in [0, 0.05) is 53.8 Å². The molecule has 2 heterocycles. The van der Waals surface area contributed by atoms with E-state index in [0.717, 1.165) is 47.7 Å². The van der Waals surface area contributed by atoms with Gasteiger partial charge in [-0.3, -0.25) is 4.90 Å². The van der Waals surface area contributed by atoms with Gasteiger partial charge in [-0.05, 0) is 30.2 Å². The smallest absolute Gasteiger partial charge is 0.0411 e. The van der Waals surface area contributed by atoms with E-state index in [0.29, 0.717) is 0 Å². The van der Waals surface area contributed by atoms with Crippen molar-refractivity contribution in [3.63, 3.8) is 0 Å². The SMILES string of the molecule is C=C(/C=C(/N)c1cc(CN2CCSCC2)[nH]c1C)c1ccccc1. The Morgan fingerprint density at radius 1 is 1.29 bits per heavy atom. The molecule has 3 nitrogen and oxygen atoms in total. The van der Waals surface area contributed by atoms with Crippen molar-refractivity contribution in [1.82, 2.24) is 9.88 Å². The average Bonchev–Trinajstić information content (AvgIpc) is 2.97. The minimum atomic E-state index is 0.762. The number of H-pyrrole nitrogens is 1. The first-order valence-corrected chi connectivity index (χ1v) is 9.49. The molecule has 1 saturated heterocycles. The summed E-state index contributed by atoms with van der Waals surface area (Å²) in [5, 5.41) is 0. The quantitative estimate of drug-likeness (QED) is 0.813. The van der Waals surface area contributed by atoms with Gasteiger partial charge in [0.05, 0.1) is 0 Å². The lowest BCUT2D eigenvalue weighted by Crippen LogP contribution is -2.32. The van der Waals surface area contributed by atoms with Gasteiger partial charge in [0.25, 0.3) is 0 Å². The Morgan fingerprint density at radius 2 is 2.00 bits per heavy atom. The van der Waals surface area contributed by atoms with Crippen LogP contribution < -0.4 is 5.73 Å². The Labute approximate surface area is 148 Å². The fraction of sp³-hybridized carbons (Fsp3) is 0.300. The molecule has 1 aliphatic heterocycles. The third kappa shape index (κ3) is 4.13. The maximum Gasteiger partial charge on any atom is 0.0411 e. The first-order valence-electron chi connectivity index (χ1n) is 8.34. The Kier molecular flexibility index (Phi) is 5.48. The van der Waals surface area contributed by atoms with Crippen molar-refractivity contribution in [1.29, 1.82) is 0 Å². The van der Waals surface area contributed by atoms with Crippen molar-refractivity contribution in [2.24, 2.45) is 5.73 Å². The van der Waals surface area contributed by atoms with E-state index in [1.807, 2.05) is 36.0 Å². The van der Waals surface area contributed by atoms with E-state index < -0.39 is 0 Å². The summed E-state index contributed by atoms with van der Waals surface area (Å²) < 4.78 is 0. The fourth-order valence-electron chi connectivity index (χ4n) is 3.01. The van der Waals surface area contributed by atoms with Crippen LogP contribution in [0, 0.1) is 6.92 Å². The lowest BCUT2D eigenvalue weighted by molar-refractivity contribution is 0.291. The number of aromatic nitrogens is 1. The number of nitrogens with two attached hydrogens (primary N) is 1. The van der Waals surface area contributed by atoms with Gasteiger partial charge < -0.3 is 10.7 Å². The molecule has 1 fully saturated rings. The van der Waals surface area contributed by atoms with Crippen LogP contribution in [0.1, 0.15) is 22.5 Å². The third-order valence-corrected chi connectivity index (χ3v) is 5.30. The van der Waals surface area contributed by atoms with Crippen molar-refractivity contribution in [2.45, 2.75) is 13.5 Å². The normalized spacial score (nSPS) is 16.3. The molecule has 1 aliphatic rings. The predicted molar refractivity (Wildman–Crippen MR) is 106 cm³/mol. The molecule has 24 heavy (non-hydrogen) atoms. The summed E-state index contributed by atoms with van der Waals surface area (Å²) in [6, 6.07) is 12.3. The third-order valence-electron chi connectivity index (χ3n) is 4.35. The van der Waals surface area contributed by atoms with Crippen LogP contribution in [0.4, 0.5) is 0 Å². The van der Waals surface area contributed by atoms with E-state index in [1.165, 1.54) is 17.2 Å². The number of rotatable bonds is 5. The highest BCUT2D eigenvalue weighted by molar-refractivity contribution is 7.99. The number of aryl methyl sites for hydroxylation is 1. The highest BCUT2D eigenvalue weighted by atomic mass is 32.2. The molecule has 0 radical (unpaired) electrons. The van der Waals surface area contributed by atoms with Gasteiger partial charge in [-0.25, -0.2) is 0 Å². The van der Waals surface area contributed by atoms with E-state index in [1.54, 1.807) is 0 Å². The highest BCUT2D eigenvalue weighted by Gasteiger charge is 2.13. The van der Waals surface area contributed by atoms with Crippen LogP contribution in [0.25, 0.3) is 11.3 Å². The van der Waals surface area contributed by atoms with Gasteiger partial charge in [0.2, 0.25) is 0 Å². The summed E-state index contributed by atoms with van der Waals surface area (Å²) >= 11 is 2.04. The zero-order valence-electron chi connectivity index (χ0n) is 14.2. The lowest BCUT2D eigenvalue weighted by atomic mass is 10.0. The van der Waals surface area contributed by atoms with E-state index in [4.69, 9.17) is 5.73 Å². The van der Waals surface area contributed by atoms with Gasteiger partial charge in [-0.15, -0.1) is 0 Å². The van der Waals surface area contributed by atoms with Crippen LogP contribution >= 0.6 is 11.8 Å². The molecule has 2 aromatic rings. The summed E-state index contributed by atoms with van der Waals surface area (Å²) in [5.74, 6) is 2.46. The van der Waals surface area contributed by atoms with E-state index in [-0.39, 0.29) is 0 Å². The Balaban J connectivity index is 1.73. The maximum atomic E-state index is 6.34. The van der Waals surface area contributed by atoms with Gasteiger partial charge in [0.15, 0.2) is 0 Å². The molecule has 0 amide bonds. The van der Waals surface area contributed by atoms with Crippen molar-refractivity contribution in [2.75, 3.05) is 24.6 Å².